The van der Waals surface area contributed by atoms with E-state index in [0.717, 1.165) is 0 Å². The lowest BCUT2D eigenvalue weighted by Crippen LogP contribution is -2.40. The number of hydrogen-bond acceptors (Lipinski definition) is 5. The van der Waals surface area contributed by atoms with Crippen molar-refractivity contribution in [2.75, 3.05) is 13.2 Å². The average molecular weight is 440 g/mol. The van der Waals surface area contributed by atoms with E-state index in [2.05, 4.69) is 30.6 Å². The topological polar surface area (TPSA) is 113 Å². The van der Waals surface area contributed by atoms with Gasteiger partial charge in [-0.25, -0.2) is 17.9 Å². The number of imidazole rings is 1. The Hall–Kier alpha value is -2.30. The zero-order valence-corrected chi connectivity index (χ0v) is 15.7. The third kappa shape index (κ3) is 3.22. The average Bonchev–Trinajstić information content (AvgIpc) is 2.98. The van der Waals surface area contributed by atoms with Gasteiger partial charge in [-0.1, -0.05) is 12.1 Å². The second kappa shape index (κ2) is 6.45. The highest BCUT2D eigenvalue weighted by Crippen LogP contribution is 2.31. The molecule has 0 radical (unpaired) electrons. The summed E-state index contributed by atoms with van der Waals surface area (Å²) in [4.78, 5) is 16.5. The van der Waals surface area contributed by atoms with Gasteiger partial charge in [0.2, 0.25) is 10.0 Å². The lowest BCUT2D eigenvalue weighted by Gasteiger charge is -2.26. The van der Waals surface area contributed by atoms with Crippen molar-refractivity contribution in [2.24, 2.45) is 0 Å². The summed E-state index contributed by atoms with van der Waals surface area (Å²) in [5, 5.41) is 0. The van der Waals surface area contributed by atoms with Crippen LogP contribution in [0.3, 0.4) is 0 Å². The van der Waals surface area contributed by atoms with Crippen LogP contribution in [0, 0.1) is 0 Å². The van der Waals surface area contributed by atoms with E-state index < -0.39 is 21.8 Å². The Balaban J connectivity index is 1.53. The van der Waals surface area contributed by atoms with E-state index in [1.54, 1.807) is 12.1 Å². The molecule has 4 rings (SSSR count). The van der Waals surface area contributed by atoms with Crippen LogP contribution in [0.5, 0.6) is 11.5 Å². The fourth-order valence-corrected chi connectivity index (χ4v) is 4.82. The first kappa shape index (κ1) is 17.1. The molecule has 2 aromatic carbocycles. The monoisotopic (exact) mass is 439 g/mol. The van der Waals surface area contributed by atoms with Crippen LogP contribution >= 0.6 is 15.9 Å². The molecule has 0 fully saturated rings. The molecule has 0 bridgehead atoms. The van der Waals surface area contributed by atoms with Gasteiger partial charge in [0, 0.05) is 4.47 Å². The minimum absolute atomic E-state index is 0.0253. The second-order valence-electron chi connectivity index (χ2n) is 5.76. The van der Waals surface area contributed by atoms with E-state index in [9.17, 15) is 13.2 Å². The van der Waals surface area contributed by atoms with Gasteiger partial charge in [-0.3, -0.25) is 0 Å². The Morgan fingerprint density at radius 2 is 1.85 bits per heavy atom. The van der Waals surface area contributed by atoms with Gasteiger partial charge in [0.25, 0.3) is 0 Å². The molecule has 8 nitrogen and oxygen atoms in total. The van der Waals surface area contributed by atoms with Crippen LogP contribution in [0.1, 0.15) is 0 Å². The largest absolute Gasteiger partial charge is 0.486 e. The molecule has 1 atom stereocenters. The van der Waals surface area contributed by atoms with Gasteiger partial charge in [0.1, 0.15) is 12.7 Å². The molecule has 1 aromatic heterocycles. The maximum absolute atomic E-state index is 12.7. The van der Waals surface area contributed by atoms with Crippen LogP contribution in [0.25, 0.3) is 11.0 Å². The van der Waals surface area contributed by atoms with Crippen LogP contribution in [-0.2, 0) is 10.0 Å². The number of halogens is 1. The predicted octanol–water partition coefficient (Wildman–Crippen LogP) is 1.74. The van der Waals surface area contributed by atoms with Crippen LogP contribution in [0.4, 0.5) is 0 Å². The van der Waals surface area contributed by atoms with Gasteiger partial charge < -0.3 is 19.4 Å². The Labute approximate surface area is 156 Å². The Kier molecular flexibility index (Phi) is 4.25. The van der Waals surface area contributed by atoms with E-state index >= 15 is 0 Å². The molecule has 0 spiro atoms. The van der Waals surface area contributed by atoms with Crippen molar-refractivity contribution in [1.29, 1.82) is 0 Å². The van der Waals surface area contributed by atoms with E-state index in [1.165, 1.54) is 12.1 Å². The summed E-state index contributed by atoms with van der Waals surface area (Å²) in [6, 6.07) is 10.1. The van der Waals surface area contributed by atoms with Crippen molar-refractivity contribution in [3.63, 3.8) is 0 Å². The first-order valence-corrected chi connectivity index (χ1v) is 10.00. The molecule has 26 heavy (non-hydrogen) atoms. The van der Waals surface area contributed by atoms with Gasteiger partial charge in [0.05, 0.1) is 22.5 Å². The van der Waals surface area contributed by atoms with Gasteiger partial charge in [-0.05, 0) is 40.2 Å². The Morgan fingerprint density at radius 1 is 1.15 bits per heavy atom. The molecule has 0 amide bonds. The van der Waals surface area contributed by atoms with E-state index in [4.69, 9.17) is 9.47 Å². The number of para-hydroxylation sites is 2. The first-order valence-electron chi connectivity index (χ1n) is 7.72. The number of nitrogens with one attached hydrogen (secondary N) is 3. The quantitative estimate of drug-likeness (QED) is 0.572. The Bertz CT molecular complexity index is 1140. The zero-order valence-electron chi connectivity index (χ0n) is 13.3. The number of sulfonamides is 1. The normalized spacial score (nSPS) is 16.7. The summed E-state index contributed by atoms with van der Waals surface area (Å²) in [7, 11) is -3.82. The third-order valence-corrected chi connectivity index (χ3v) is 6.31. The molecule has 0 unspecified atom stereocenters. The molecule has 136 valence electrons. The van der Waals surface area contributed by atoms with Crippen molar-refractivity contribution in [3.05, 3.63) is 51.4 Å². The summed E-state index contributed by atoms with van der Waals surface area (Å²) in [5.74, 6) is 1.21. The van der Waals surface area contributed by atoms with Gasteiger partial charge in [-0.2, -0.15) is 0 Å². The van der Waals surface area contributed by atoms with E-state index in [1.807, 2.05) is 12.1 Å². The van der Waals surface area contributed by atoms with Crippen LogP contribution in [0.15, 0.2) is 50.6 Å². The molecule has 3 aromatic rings. The first-order chi connectivity index (χ1) is 12.4. The van der Waals surface area contributed by atoms with Crippen molar-refractivity contribution >= 4 is 37.0 Å². The number of fused-ring (bicyclic) bond motifs is 2. The number of rotatable bonds is 4. The van der Waals surface area contributed by atoms with Crippen molar-refractivity contribution in [2.45, 2.75) is 11.0 Å². The molecular weight excluding hydrogens is 426 g/mol. The van der Waals surface area contributed by atoms with Crippen molar-refractivity contribution < 1.29 is 17.9 Å². The molecule has 0 saturated carbocycles. The van der Waals surface area contributed by atoms with Gasteiger partial charge >= 0.3 is 5.69 Å². The molecule has 2 heterocycles. The van der Waals surface area contributed by atoms with E-state index in [-0.39, 0.29) is 18.0 Å². The number of benzene rings is 2. The lowest BCUT2D eigenvalue weighted by molar-refractivity contribution is 0.0943. The molecule has 3 N–H and O–H groups in total. The number of H-pyrrole nitrogens is 2. The minimum Gasteiger partial charge on any atom is -0.486 e. The van der Waals surface area contributed by atoms with Crippen molar-refractivity contribution in [1.82, 2.24) is 14.7 Å². The number of ether oxygens (including phenoxy) is 2. The number of hydrogen-bond donors (Lipinski definition) is 3. The van der Waals surface area contributed by atoms with Gasteiger partial charge in [0.15, 0.2) is 11.5 Å². The SMILES string of the molecule is O=c1[nH]c2cc(Br)c(S(=O)(=O)NC[C@H]3COc4ccccc4O3)cc2[nH]1. The number of aromatic nitrogens is 2. The molecule has 0 aliphatic carbocycles. The predicted molar refractivity (Wildman–Crippen MR) is 98.2 cm³/mol. The summed E-state index contributed by atoms with van der Waals surface area (Å²) in [5.41, 5.74) is 0.520. The van der Waals surface area contributed by atoms with Crippen LogP contribution < -0.4 is 19.9 Å². The highest BCUT2D eigenvalue weighted by molar-refractivity contribution is 9.10. The molecule has 0 saturated heterocycles. The van der Waals surface area contributed by atoms with Gasteiger partial charge in [-0.15, -0.1) is 0 Å². The second-order valence-corrected chi connectivity index (χ2v) is 8.35. The fourth-order valence-electron chi connectivity index (χ4n) is 2.69. The maximum atomic E-state index is 12.7. The van der Waals surface area contributed by atoms with Crippen molar-refractivity contribution in [3.8, 4) is 11.5 Å². The fraction of sp³-hybridized carbons (Fsp3) is 0.188. The van der Waals surface area contributed by atoms with Crippen LogP contribution in [0.2, 0.25) is 0 Å². The molecule has 1 aliphatic heterocycles. The summed E-state index contributed by atoms with van der Waals surface area (Å²) in [6.45, 7) is 0.287. The highest BCUT2D eigenvalue weighted by Gasteiger charge is 2.25. The summed E-state index contributed by atoms with van der Waals surface area (Å²) >= 11 is 3.24. The summed E-state index contributed by atoms with van der Waals surface area (Å²) in [6.07, 6.45) is -0.450. The smallest absolute Gasteiger partial charge is 0.323 e. The standard InChI is InChI=1S/C16H14BrN3O5S/c17-10-5-11-12(20-16(21)19-11)6-15(10)26(22,23)18-7-9-8-24-13-3-1-2-4-14(13)25-9/h1-6,9,18H,7-8H2,(H2,19,20,21)/t9-/m0/s1. The minimum atomic E-state index is -3.82. The van der Waals surface area contributed by atoms with Crippen LogP contribution in [-0.4, -0.2) is 37.6 Å². The summed E-state index contributed by atoms with van der Waals surface area (Å²) < 4.78 is 39.5. The molecule has 10 heteroatoms. The maximum Gasteiger partial charge on any atom is 0.323 e. The Morgan fingerprint density at radius 3 is 2.62 bits per heavy atom. The molecular formula is C16H14BrN3O5S. The van der Waals surface area contributed by atoms with E-state index in [0.29, 0.717) is 27.0 Å². The molecule has 1 aliphatic rings. The lowest BCUT2D eigenvalue weighted by atomic mass is 10.2. The highest BCUT2D eigenvalue weighted by atomic mass is 79.9. The third-order valence-electron chi connectivity index (χ3n) is 3.93. The number of aromatic amines is 2. The zero-order chi connectivity index (χ0) is 18.3.